The SMILES string of the molecule is NCC1CNS(=O)(=O)N(C2CCCCC2)C1. The van der Waals surface area contributed by atoms with Crippen LogP contribution in [-0.2, 0) is 10.2 Å². The fourth-order valence-electron chi connectivity index (χ4n) is 2.60. The molecule has 1 saturated heterocycles. The average Bonchev–Trinajstić information content (AvgIpc) is 2.30. The Hall–Kier alpha value is -0.170. The van der Waals surface area contributed by atoms with E-state index in [0.29, 0.717) is 19.6 Å². The van der Waals surface area contributed by atoms with Crippen molar-refractivity contribution in [2.45, 2.75) is 38.1 Å². The summed E-state index contributed by atoms with van der Waals surface area (Å²) in [6, 6.07) is 0.195. The van der Waals surface area contributed by atoms with Crippen LogP contribution in [0.1, 0.15) is 32.1 Å². The molecule has 16 heavy (non-hydrogen) atoms. The van der Waals surface area contributed by atoms with E-state index in [-0.39, 0.29) is 12.0 Å². The predicted octanol–water partition coefficient (Wildman–Crippen LogP) is 0.0440. The van der Waals surface area contributed by atoms with Gasteiger partial charge in [-0.3, -0.25) is 0 Å². The van der Waals surface area contributed by atoms with Crippen LogP contribution in [0.3, 0.4) is 0 Å². The maximum atomic E-state index is 11.9. The molecule has 5 nitrogen and oxygen atoms in total. The Labute approximate surface area is 97.6 Å². The Bertz CT molecular complexity index is 325. The number of hydrogen-bond acceptors (Lipinski definition) is 3. The minimum atomic E-state index is -3.24. The maximum Gasteiger partial charge on any atom is 0.279 e. The lowest BCUT2D eigenvalue weighted by molar-refractivity contribution is 0.210. The summed E-state index contributed by atoms with van der Waals surface area (Å²) in [5, 5.41) is 0. The molecular formula is C10H21N3O2S. The third-order valence-corrected chi connectivity index (χ3v) is 5.21. The molecule has 1 unspecified atom stereocenters. The van der Waals surface area contributed by atoms with E-state index in [4.69, 9.17) is 5.73 Å². The summed E-state index contributed by atoms with van der Waals surface area (Å²) in [4.78, 5) is 0. The monoisotopic (exact) mass is 247 g/mol. The van der Waals surface area contributed by atoms with E-state index in [0.717, 1.165) is 25.7 Å². The van der Waals surface area contributed by atoms with Crippen LogP contribution in [0, 0.1) is 5.92 Å². The summed E-state index contributed by atoms with van der Waals surface area (Å²) in [6.07, 6.45) is 5.52. The van der Waals surface area contributed by atoms with Crippen molar-refractivity contribution in [3.05, 3.63) is 0 Å². The average molecular weight is 247 g/mol. The molecule has 1 saturated carbocycles. The fourth-order valence-corrected chi connectivity index (χ4v) is 4.22. The largest absolute Gasteiger partial charge is 0.330 e. The minimum absolute atomic E-state index is 0.195. The number of nitrogens with zero attached hydrogens (tertiary/aromatic N) is 1. The van der Waals surface area contributed by atoms with E-state index in [1.165, 1.54) is 6.42 Å². The molecule has 0 aromatic carbocycles. The molecule has 1 aliphatic heterocycles. The standard InChI is InChI=1S/C10H21N3O2S/c11-6-9-7-12-16(14,15)13(8-9)10-4-2-1-3-5-10/h9-10,12H,1-8,11H2. The summed E-state index contributed by atoms with van der Waals surface area (Å²) < 4.78 is 28.1. The molecule has 0 amide bonds. The van der Waals surface area contributed by atoms with Gasteiger partial charge in [0, 0.05) is 19.1 Å². The van der Waals surface area contributed by atoms with Crippen molar-refractivity contribution in [1.82, 2.24) is 9.03 Å². The highest BCUT2D eigenvalue weighted by Crippen LogP contribution is 2.26. The van der Waals surface area contributed by atoms with E-state index in [2.05, 4.69) is 4.72 Å². The molecule has 1 heterocycles. The first-order valence-corrected chi connectivity index (χ1v) is 7.54. The quantitative estimate of drug-likeness (QED) is 0.723. The molecular weight excluding hydrogens is 226 g/mol. The van der Waals surface area contributed by atoms with Crippen LogP contribution in [0.2, 0.25) is 0 Å². The molecule has 0 spiro atoms. The Balaban J connectivity index is 2.08. The van der Waals surface area contributed by atoms with Gasteiger partial charge < -0.3 is 5.73 Å². The van der Waals surface area contributed by atoms with E-state index in [9.17, 15) is 8.42 Å². The Kier molecular flexibility index (Phi) is 3.84. The smallest absolute Gasteiger partial charge is 0.279 e. The summed E-state index contributed by atoms with van der Waals surface area (Å²) in [6.45, 7) is 1.63. The van der Waals surface area contributed by atoms with Crippen molar-refractivity contribution in [3.8, 4) is 0 Å². The Morgan fingerprint density at radius 2 is 1.94 bits per heavy atom. The lowest BCUT2D eigenvalue weighted by Gasteiger charge is -2.38. The van der Waals surface area contributed by atoms with Crippen molar-refractivity contribution in [3.63, 3.8) is 0 Å². The summed E-state index contributed by atoms with van der Waals surface area (Å²) in [5.74, 6) is 0.255. The lowest BCUT2D eigenvalue weighted by atomic mass is 9.95. The Morgan fingerprint density at radius 3 is 2.56 bits per heavy atom. The van der Waals surface area contributed by atoms with E-state index >= 15 is 0 Å². The Morgan fingerprint density at radius 1 is 1.25 bits per heavy atom. The van der Waals surface area contributed by atoms with Crippen LogP contribution in [0.15, 0.2) is 0 Å². The van der Waals surface area contributed by atoms with Gasteiger partial charge in [0.25, 0.3) is 10.2 Å². The zero-order valence-electron chi connectivity index (χ0n) is 9.56. The van der Waals surface area contributed by atoms with Gasteiger partial charge in [0.1, 0.15) is 0 Å². The van der Waals surface area contributed by atoms with Gasteiger partial charge in [0.2, 0.25) is 0 Å². The first-order chi connectivity index (χ1) is 7.63. The second-order valence-corrected chi connectivity index (χ2v) is 6.52. The van der Waals surface area contributed by atoms with Gasteiger partial charge in [-0.05, 0) is 25.3 Å². The van der Waals surface area contributed by atoms with Gasteiger partial charge in [-0.15, -0.1) is 0 Å². The van der Waals surface area contributed by atoms with Crippen LogP contribution >= 0.6 is 0 Å². The molecule has 1 aliphatic carbocycles. The number of hydrogen-bond donors (Lipinski definition) is 2. The van der Waals surface area contributed by atoms with Gasteiger partial charge >= 0.3 is 0 Å². The molecule has 0 radical (unpaired) electrons. The zero-order chi connectivity index (χ0) is 11.6. The molecule has 3 N–H and O–H groups in total. The predicted molar refractivity (Wildman–Crippen MR) is 63.0 cm³/mol. The summed E-state index contributed by atoms with van der Waals surface area (Å²) in [5.41, 5.74) is 5.62. The first kappa shape index (κ1) is 12.3. The van der Waals surface area contributed by atoms with E-state index < -0.39 is 10.2 Å². The lowest BCUT2D eigenvalue weighted by Crippen LogP contribution is -2.56. The van der Waals surface area contributed by atoms with Crippen LogP contribution < -0.4 is 10.5 Å². The molecule has 94 valence electrons. The van der Waals surface area contributed by atoms with Crippen molar-refractivity contribution in [2.24, 2.45) is 11.7 Å². The van der Waals surface area contributed by atoms with Gasteiger partial charge in [-0.2, -0.15) is 12.7 Å². The summed E-state index contributed by atoms with van der Waals surface area (Å²) >= 11 is 0. The van der Waals surface area contributed by atoms with Gasteiger partial charge in [0.05, 0.1) is 0 Å². The molecule has 0 aromatic heterocycles. The third kappa shape index (κ3) is 2.56. The van der Waals surface area contributed by atoms with E-state index in [1.807, 2.05) is 0 Å². The van der Waals surface area contributed by atoms with Crippen molar-refractivity contribution in [2.75, 3.05) is 19.6 Å². The highest BCUT2D eigenvalue weighted by molar-refractivity contribution is 7.87. The van der Waals surface area contributed by atoms with Crippen LogP contribution in [0.25, 0.3) is 0 Å². The highest BCUT2D eigenvalue weighted by atomic mass is 32.2. The molecule has 2 rings (SSSR count). The van der Waals surface area contributed by atoms with Gasteiger partial charge in [-0.1, -0.05) is 19.3 Å². The second-order valence-electron chi connectivity index (χ2n) is 4.82. The maximum absolute atomic E-state index is 11.9. The number of nitrogens with one attached hydrogen (secondary N) is 1. The molecule has 1 atom stereocenters. The zero-order valence-corrected chi connectivity index (χ0v) is 10.4. The van der Waals surface area contributed by atoms with Crippen molar-refractivity contribution < 1.29 is 8.42 Å². The molecule has 6 heteroatoms. The van der Waals surface area contributed by atoms with E-state index in [1.54, 1.807) is 4.31 Å². The van der Waals surface area contributed by atoms with Crippen LogP contribution in [0.4, 0.5) is 0 Å². The number of rotatable bonds is 2. The molecule has 0 aromatic rings. The second kappa shape index (κ2) is 5.00. The normalized spacial score (nSPS) is 32.7. The fraction of sp³-hybridized carbons (Fsp3) is 1.00. The summed E-state index contributed by atoms with van der Waals surface area (Å²) in [7, 11) is -3.24. The minimum Gasteiger partial charge on any atom is -0.330 e. The third-order valence-electron chi connectivity index (χ3n) is 3.62. The van der Waals surface area contributed by atoms with Crippen molar-refractivity contribution >= 4 is 10.2 Å². The van der Waals surface area contributed by atoms with Crippen molar-refractivity contribution in [1.29, 1.82) is 0 Å². The van der Waals surface area contributed by atoms with Gasteiger partial charge in [0.15, 0.2) is 0 Å². The van der Waals surface area contributed by atoms with Crippen LogP contribution in [-0.4, -0.2) is 38.4 Å². The molecule has 0 bridgehead atoms. The topological polar surface area (TPSA) is 75.4 Å². The first-order valence-electron chi connectivity index (χ1n) is 6.10. The van der Waals surface area contributed by atoms with Crippen LogP contribution in [0.5, 0.6) is 0 Å². The van der Waals surface area contributed by atoms with Gasteiger partial charge in [-0.25, -0.2) is 4.72 Å². The molecule has 2 aliphatic rings. The highest BCUT2D eigenvalue weighted by Gasteiger charge is 2.36. The number of nitrogens with two attached hydrogens (primary N) is 1. The molecule has 2 fully saturated rings.